The van der Waals surface area contributed by atoms with Crippen molar-refractivity contribution < 1.29 is 28.1 Å². The third-order valence-electron chi connectivity index (χ3n) is 6.31. The van der Waals surface area contributed by atoms with Gasteiger partial charge in [-0.05, 0) is 34.1 Å². The third-order valence-corrected chi connectivity index (χ3v) is 9.25. The molecule has 2 N–H and O–H groups in total. The molecule has 1 aliphatic rings. The lowest BCUT2D eigenvalue weighted by atomic mass is 10.1. The van der Waals surface area contributed by atoms with Crippen LogP contribution in [0.25, 0.3) is 0 Å². The summed E-state index contributed by atoms with van der Waals surface area (Å²) >= 11 is 1.06. The molecule has 1 saturated heterocycles. The maximum absolute atomic E-state index is 12.9. The zero-order valence-corrected chi connectivity index (χ0v) is 27.5. The van der Waals surface area contributed by atoms with Crippen LogP contribution in [0.1, 0.15) is 72.6 Å². The van der Waals surface area contributed by atoms with Gasteiger partial charge in [0.05, 0.1) is 31.7 Å². The SMILES string of the molecule is CC[C@H]1O[C@@H](n2cc(C#CCNC(=O)CCSC(C)=O)c(=O)[nH]c2=O)[C@@H](OC)C1OP(OCCC#N)N(C(C)C)C(C)C. The molecular formula is C28H42N5O8PS. The monoisotopic (exact) mass is 639 g/mol. The zero-order chi connectivity index (χ0) is 32.1. The minimum absolute atomic E-state index is 0.00438. The predicted molar refractivity (Wildman–Crippen MR) is 164 cm³/mol. The highest BCUT2D eigenvalue weighted by molar-refractivity contribution is 8.13. The van der Waals surface area contributed by atoms with Gasteiger partial charge in [-0.1, -0.05) is 30.5 Å². The van der Waals surface area contributed by atoms with Crippen molar-refractivity contribution >= 4 is 31.3 Å². The fraction of sp³-hybridized carbons (Fsp3) is 0.679. The highest BCUT2D eigenvalue weighted by atomic mass is 32.2. The molecule has 2 rings (SSSR count). The average Bonchev–Trinajstić information content (AvgIpc) is 3.28. The Kier molecular flexibility index (Phi) is 15.6. The molecular weight excluding hydrogens is 597 g/mol. The number of aromatic amines is 1. The highest BCUT2D eigenvalue weighted by Gasteiger charge is 2.49. The van der Waals surface area contributed by atoms with Gasteiger partial charge in [0.1, 0.15) is 17.8 Å². The van der Waals surface area contributed by atoms with Gasteiger partial charge < -0.3 is 23.8 Å². The maximum atomic E-state index is 12.9. The minimum atomic E-state index is -1.62. The number of hydrogen-bond acceptors (Lipinski definition) is 11. The molecule has 1 aromatic rings. The summed E-state index contributed by atoms with van der Waals surface area (Å²) in [5.74, 6) is 5.51. The Labute approximate surface area is 257 Å². The van der Waals surface area contributed by atoms with Crippen LogP contribution in [-0.2, 0) is 28.1 Å². The summed E-state index contributed by atoms with van der Waals surface area (Å²) in [4.78, 5) is 50.6. The zero-order valence-electron chi connectivity index (χ0n) is 25.7. The van der Waals surface area contributed by atoms with Gasteiger partial charge in [0, 0.05) is 44.5 Å². The molecule has 0 aromatic carbocycles. The van der Waals surface area contributed by atoms with Gasteiger partial charge in [-0.2, -0.15) is 5.26 Å². The van der Waals surface area contributed by atoms with Crippen LogP contribution in [0.4, 0.5) is 0 Å². The van der Waals surface area contributed by atoms with Crippen LogP contribution in [0.3, 0.4) is 0 Å². The number of rotatable bonds is 15. The molecule has 0 bridgehead atoms. The highest BCUT2D eigenvalue weighted by Crippen LogP contribution is 2.50. The number of hydrogen-bond donors (Lipinski definition) is 2. The van der Waals surface area contributed by atoms with E-state index in [0.29, 0.717) is 12.2 Å². The molecule has 1 aliphatic heterocycles. The number of nitriles is 1. The largest absolute Gasteiger partial charge is 0.374 e. The summed E-state index contributed by atoms with van der Waals surface area (Å²) in [7, 11) is -0.126. The lowest BCUT2D eigenvalue weighted by Crippen LogP contribution is -2.41. The maximum Gasteiger partial charge on any atom is 0.330 e. The van der Waals surface area contributed by atoms with E-state index in [4.69, 9.17) is 23.8 Å². The molecule has 238 valence electrons. The Balaban J connectivity index is 2.30. The summed E-state index contributed by atoms with van der Waals surface area (Å²) in [5, 5.41) is 11.6. The van der Waals surface area contributed by atoms with Gasteiger partial charge in [-0.25, -0.2) is 9.46 Å². The van der Waals surface area contributed by atoms with Gasteiger partial charge in [-0.15, -0.1) is 0 Å². The first-order chi connectivity index (χ1) is 20.4. The molecule has 43 heavy (non-hydrogen) atoms. The second kappa shape index (κ2) is 18.3. The topological polar surface area (TPSA) is 165 Å². The molecule has 2 unspecified atom stereocenters. The van der Waals surface area contributed by atoms with Crippen molar-refractivity contribution in [3.63, 3.8) is 0 Å². The van der Waals surface area contributed by atoms with Gasteiger partial charge in [-0.3, -0.25) is 23.9 Å². The number of H-pyrrole nitrogens is 1. The Morgan fingerprint density at radius 2 is 1.95 bits per heavy atom. The van der Waals surface area contributed by atoms with Gasteiger partial charge >= 0.3 is 5.69 Å². The number of carbonyl (C=O) groups excluding carboxylic acids is 2. The second-order valence-electron chi connectivity index (χ2n) is 10.2. The first kappa shape index (κ1) is 36.6. The molecule has 13 nitrogen and oxygen atoms in total. The fourth-order valence-corrected chi connectivity index (χ4v) is 6.80. The third kappa shape index (κ3) is 10.8. The Morgan fingerprint density at radius 3 is 2.53 bits per heavy atom. The van der Waals surface area contributed by atoms with Crippen LogP contribution in [0.15, 0.2) is 15.8 Å². The molecule has 15 heteroatoms. The molecule has 0 radical (unpaired) electrons. The second-order valence-corrected chi connectivity index (χ2v) is 12.8. The lowest BCUT2D eigenvalue weighted by molar-refractivity contribution is -0.120. The van der Waals surface area contributed by atoms with E-state index in [1.807, 2.05) is 34.6 Å². The van der Waals surface area contributed by atoms with Gasteiger partial charge in [0.2, 0.25) is 5.91 Å². The summed E-state index contributed by atoms with van der Waals surface area (Å²) < 4.78 is 28.1. The number of thioether (sulfide) groups is 1. The first-order valence-electron chi connectivity index (χ1n) is 14.1. The number of ether oxygens (including phenoxy) is 2. The summed E-state index contributed by atoms with van der Waals surface area (Å²) in [6, 6.07) is 2.25. The van der Waals surface area contributed by atoms with Crippen LogP contribution in [0.5, 0.6) is 0 Å². The number of amides is 1. The quantitative estimate of drug-likeness (QED) is 0.165. The molecule has 5 atom stereocenters. The van der Waals surface area contributed by atoms with Crippen molar-refractivity contribution in [1.82, 2.24) is 19.5 Å². The van der Waals surface area contributed by atoms with E-state index in [-0.39, 0.29) is 54.7 Å². The molecule has 1 fully saturated rings. The van der Waals surface area contributed by atoms with Crippen LogP contribution in [-0.4, -0.2) is 81.7 Å². The lowest BCUT2D eigenvalue weighted by Gasteiger charge is -2.38. The summed E-state index contributed by atoms with van der Waals surface area (Å²) in [6.07, 6.45) is -0.553. The Morgan fingerprint density at radius 1 is 1.26 bits per heavy atom. The van der Waals surface area contributed by atoms with E-state index in [9.17, 15) is 19.2 Å². The molecule has 0 saturated carbocycles. The van der Waals surface area contributed by atoms with E-state index in [2.05, 4.69) is 32.9 Å². The van der Waals surface area contributed by atoms with Crippen molar-refractivity contribution in [3.05, 3.63) is 32.6 Å². The summed E-state index contributed by atoms with van der Waals surface area (Å²) in [5.41, 5.74) is -1.37. The molecule has 1 amide bonds. The molecule has 1 aromatic heterocycles. The molecule has 0 aliphatic carbocycles. The van der Waals surface area contributed by atoms with Crippen molar-refractivity contribution in [1.29, 1.82) is 5.26 Å². The molecule has 2 heterocycles. The van der Waals surface area contributed by atoms with Crippen LogP contribution in [0, 0.1) is 23.2 Å². The van der Waals surface area contributed by atoms with E-state index in [1.165, 1.54) is 24.8 Å². The van der Waals surface area contributed by atoms with Crippen molar-refractivity contribution in [2.45, 2.75) is 97.4 Å². The van der Waals surface area contributed by atoms with E-state index in [1.54, 1.807) is 0 Å². The van der Waals surface area contributed by atoms with Crippen LogP contribution < -0.4 is 16.6 Å². The van der Waals surface area contributed by atoms with E-state index in [0.717, 1.165) is 11.8 Å². The number of aromatic nitrogens is 2. The van der Waals surface area contributed by atoms with Gasteiger partial charge in [0.15, 0.2) is 11.3 Å². The molecule has 0 spiro atoms. The predicted octanol–water partition coefficient (Wildman–Crippen LogP) is 2.66. The van der Waals surface area contributed by atoms with Crippen LogP contribution >= 0.6 is 20.3 Å². The Bertz CT molecular complexity index is 1290. The van der Waals surface area contributed by atoms with Crippen LogP contribution in [0.2, 0.25) is 0 Å². The first-order valence-corrected chi connectivity index (χ1v) is 16.2. The fourth-order valence-electron chi connectivity index (χ4n) is 4.46. The number of carbonyl (C=O) groups is 2. The van der Waals surface area contributed by atoms with E-state index < -0.39 is 44.3 Å². The number of nitrogens with one attached hydrogen (secondary N) is 2. The Hall–Kier alpha value is -2.55. The van der Waals surface area contributed by atoms with Crippen molar-refractivity contribution in [2.75, 3.05) is 26.0 Å². The average molecular weight is 640 g/mol. The summed E-state index contributed by atoms with van der Waals surface area (Å²) in [6.45, 7) is 11.7. The van der Waals surface area contributed by atoms with E-state index >= 15 is 0 Å². The van der Waals surface area contributed by atoms with Gasteiger partial charge in [0.25, 0.3) is 14.1 Å². The number of nitrogens with zero attached hydrogens (tertiary/aromatic N) is 3. The number of methoxy groups -OCH3 is 1. The standard InChI is InChI=1S/C28H42N5O8PS/c1-8-22-24(41-42(39-15-10-13-29)33(18(2)3)19(4)5)25(38-7)27(40-22)32-17-21(26(36)31-28(32)37)11-9-14-30-23(35)12-16-43-20(6)34/h17-19,22,24-25,27H,8,10,12,14-16H2,1-7H3,(H,30,35)(H,31,36,37)/t22-,24?,25+,27-,42?/m1/s1. The van der Waals surface area contributed by atoms with Crippen molar-refractivity contribution in [2.24, 2.45) is 0 Å². The smallest absolute Gasteiger partial charge is 0.330 e. The normalized spacial score (nSPS) is 20.6. The van der Waals surface area contributed by atoms with Crippen molar-refractivity contribution in [3.8, 4) is 17.9 Å². The minimum Gasteiger partial charge on any atom is -0.374 e.